The number of aliphatic hydroxyl groups is 2. The zero-order valence-electron chi connectivity index (χ0n) is 27.3. The Morgan fingerprint density at radius 1 is 1.18 bits per heavy atom. The van der Waals surface area contributed by atoms with Crippen LogP contribution in [-0.4, -0.2) is 103 Å². The molecule has 1 amide bonds. The number of phosphoric ester groups is 2. The summed E-state index contributed by atoms with van der Waals surface area (Å²) >= 11 is 0. The molecule has 2 aliphatic rings. The molecular formula is C28H41N6O13P2+. The van der Waals surface area contributed by atoms with Crippen molar-refractivity contribution < 1.29 is 66.1 Å². The maximum absolute atomic E-state index is 13.1. The van der Waals surface area contributed by atoms with E-state index in [2.05, 4.69) is 27.6 Å². The van der Waals surface area contributed by atoms with E-state index in [1.807, 2.05) is 0 Å². The van der Waals surface area contributed by atoms with Gasteiger partial charge in [-0.25, -0.2) is 23.9 Å². The van der Waals surface area contributed by atoms with Crippen molar-refractivity contribution in [1.82, 2.24) is 14.5 Å². The Hall–Kier alpha value is -3.35. The van der Waals surface area contributed by atoms with Crippen molar-refractivity contribution in [2.75, 3.05) is 19.8 Å². The minimum Gasteiger partial charge on any atom is -0.444 e. The number of imidazole rings is 1. The summed E-state index contributed by atoms with van der Waals surface area (Å²) in [5.41, 5.74) is 5.46. The molecule has 6 unspecified atom stereocenters. The van der Waals surface area contributed by atoms with Crippen LogP contribution in [0.4, 0.5) is 10.6 Å². The Labute approximate surface area is 281 Å². The third-order valence-corrected chi connectivity index (χ3v) is 10.1. The highest BCUT2D eigenvalue weighted by Crippen LogP contribution is 2.60. The molecule has 0 spiro atoms. The lowest BCUT2D eigenvalue weighted by Crippen LogP contribution is -2.44. The Kier molecular flexibility index (Phi) is 11.7. The molecule has 2 aromatic rings. The van der Waals surface area contributed by atoms with Gasteiger partial charge < -0.3 is 35.2 Å². The van der Waals surface area contributed by atoms with E-state index in [1.54, 1.807) is 49.9 Å². The summed E-state index contributed by atoms with van der Waals surface area (Å²) in [5, 5.41) is 21.1. The molecule has 270 valence electrons. The molecule has 49 heavy (non-hydrogen) atoms. The molecule has 0 radical (unpaired) electrons. The van der Waals surface area contributed by atoms with E-state index in [-0.39, 0.29) is 42.0 Å². The van der Waals surface area contributed by atoms with Gasteiger partial charge in [-0.15, -0.1) is 0 Å². The topological polar surface area (TPSA) is 259 Å². The van der Waals surface area contributed by atoms with Gasteiger partial charge in [-0.1, -0.05) is 6.58 Å². The first-order chi connectivity index (χ1) is 22.7. The van der Waals surface area contributed by atoms with E-state index in [0.717, 1.165) is 0 Å². The lowest BCUT2D eigenvalue weighted by Gasteiger charge is -2.28. The van der Waals surface area contributed by atoms with Gasteiger partial charge in [0.15, 0.2) is 36.3 Å². The van der Waals surface area contributed by atoms with E-state index in [1.165, 1.54) is 22.7 Å². The summed E-state index contributed by atoms with van der Waals surface area (Å²) in [6, 6.07) is 2.07. The van der Waals surface area contributed by atoms with Crippen molar-refractivity contribution in [3.63, 3.8) is 0 Å². The van der Waals surface area contributed by atoms with Crippen LogP contribution in [0.3, 0.4) is 0 Å². The Balaban J connectivity index is 1.40. The number of likely N-dealkylation sites (tertiary alicyclic amines) is 1. The molecule has 4 heterocycles. The van der Waals surface area contributed by atoms with E-state index < -0.39 is 71.1 Å². The van der Waals surface area contributed by atoms with Crippen molar-refractivity contribution in [3.8, 4) is 0 Å². The first-order valence-corrected chi connectivity index (χ1v) is 17.9. The van der Waals surface area contributed by atoms with Gasteiger partial charge >= 0.3 is 21.7 Å². The normalized spacial score (nSPS) is 26.6. The largest absolute Gasteiger partial charge is 0.481 e. The van der Waals surface area contributed by atoms with Crippen LogP contribution in [0.15, 0.2) is 42.4 Å². The van der Waals surface area contributed by atoms with E-state index in [4.69, 9.17) is 24.3 Å². The number of amides is 1. The highest BCUT2D eigenvalue weighted by Gasteiger charge is 2.47. The van der Waals surface area contributed by atoms with Crippen molar-refractivity contribution in [1.29, 1.82) is 0 Å². The van der Waals surface area contributed by atoms with Crippen molar-refractivity contribution >= 4 is 45.8 Å². The van der Waals surface area contributed by atoms with E-state index in [9.17, 15) is 38.7 Å². The van der Waals surface area contributed by atoms with Gasteiger partial charge in [-0.2, -0.15) is 8.88 Å². The summed E-state index contributed by atoms with van der Waals surface area (Å²) in [6.07, 6.45) is -1.99. The van der Waals surface area contributed by atoms with Crippen LogP contribution in [0.2, 0.25) is 0 Å². The maximum Gasteiger partial charge on any atom is 0.481 e. The zero-order chi connectivity index (χ0) is 36.5. The number of aliphatic imine (C=N–C) groups is 1. The Bertz CT molecular complexity index is 1680. The Morgan fingerprint density at radius 3 is 2.43 bits per heavy atom. The van der Waals surface area contributed by atoms with Gasteiger partial charge in [0, 0.05) is 12.5 Å². The second kappa shape index (κ2) is 14.9. The number of pyridine rings is 1. The third-order valence-electron chi connectivity index (χ3n) is 7.54. The lowest BCUT2D eigenvalue weighted by atomic mass is 10.1. The van der Waals surface area contributed by atoms with Crippen molar-refractivity contribution in [2.24, 2.45) is 10.7 Å². The molecule has 6 N–H and O–H groups in total. The second-order valence-electron chi connectivity index (χ2n) is 12.4. The predicted octanol–water partition coefficient (Wildman–Crippen LogP) is 1.76. The average Bonchev–Trinajstić information content (AvgIpc) is 3.70. The summed E-state index contributed by atoms with van der Waals surface area (Å²) in [5.74, 6) is -0.0952. The molecule has 21 heteroatoms. The molecular weight excluding hydrogens is 690 g/mol. The maximum atomic E-state index is 13.1. The van der Waals surface area contributed by atoms with Crippen molar-refractivity contribution in [2.45, 2.75) is 76.3 Å². The fourth-order valence-corrected chi connectivity index (χ4v) is 7.40. The highest BCUT2D eigenvalue weighted by atomic mass is 31.3. The van der Waals surface area contributed by atoms with Crippen LogP contribution in [-0.2, 0) is 32.0 Å². The van der Waals surface area contributed by atoms with Gasteiger partial charge in [0.25, 0.3) is 0 Å². The second-order valence-corrected chi connectivity index (χ2v) is 15.5. The van der Waals surface area contributed by atoms with Crippen molar-refractivity contribution in [3.05, 3.63) is 48.7 Å². The van der Waals surface area contributed by atoms with Gasteiger partial charge in [0.1, 0.15) is 29.6 Å². The number of aliphatic hydroxyl groups excluding tert-OH is 2. The molecule has 0 bridgehead atoms. The molecule has 2 saturated heterocycles. The SMILES string of the molecule is C=Nc1c(C(=C)N)ncn1C1O[C@H](COP(=O)(O)OP(=O)(O)OC[C@@H]2CC([n+]3cccc(C(C)=O)c3)CN2C(=O)OC(C)(C)C)C(O)C1O. The number of nitrogens with two attached hydrogens (primary N) is 1. The third kappa shape index (κ3) is 9.46. The number of carbonyl (C=O) groups excluding carboxylic acids is 2. The number of hydrogen-bond acceptors (Lipinski definition) is 14. The van der Waals surface area contributed by atoms with E-state index in [0.29, 0.717) is 5.56 Å². The molecule has 0 aromatic carbocycles. The van der Waals surface area contributed by atoms with E-state index >= 15 is 0 Å². The van der Waals surface area contributed by atoms with Gasteiger partial charge in [0.05, 0.1) is 43.4 Å². The van der Waals surface area contributed by atoms with Crippen LogP contribution < -0.4 is 10.3 Å². The quantitative estimate of drug-likeness (QED) is 0.0851. The van der Waals surface area contributed by atoms with Crippen LogP contribution in [0.5, 0.6) is 0 Å². The summed E-state index contributed by atoms with van der Waals surface area (Å²) in [7, 11) is -10.7. The summed E-state index contributed by atoms with van der Waals surface area (Å²) in [6.45, 7) is 12.0. The summed E-state index contributed by atoms with van der Waals surface area (Å²) in [4.78, 5) is 54.7. The molecule has 0 saturated carbocycles. The molecule has 2 aromatic heterocycles. The number of carbonyl (C=O) groups is 2. The van der Waals surface area contributed by atoms with Crippen LogP contribution in [0.25, 0.3) is 5.70 Å². The summed E-state index contributed by atoms with van der Waals surface area (Å²) < 4.78 is 53.8. The molecule has 4 rings (SSSR count). The Morgan fingerprint density at radius 2 is 1.84 bits per heavy atom. The number of phosphoric acid groups is 2. The molecule has 8 atom stereocenters. The van der Waals surface area contributed by atoms with Crippen LogP contribution in [0.1, 0.15) is 62.4 Å². The van der Waals surface area contributed by atoms with Gasteiger partial charge in [-0.05, 0) is 40.5 Å². The highest BCUT2D eigenvalue weighted by molar-refractivity contribution is 7.61. The van der Waals surface area contributed by atoms with Crippen LogP contribution in [0, 0.1) is 0 Å². The molecule has 0 aliphatic carbocycles. The number of ether oxygens (including phenoxy) is 2. The minimum atomic E-state index is -5.36. The number of Topliss-reactive ketones (excluding diaryl/α,β-unsaturated/α-hetero) is 1. The fourth-order valence-electron chi connectivity index (χ4n) is 5.28. The smallest absolute Gasteiger partial charge is 0.444 e. The minimum absolute atomic E-state index is 0.0479. The van der Waals surface area contributed by atoms with Gasteiger partial charge in [-0.3, -0.25) is 23.3 Å². The number of rotatable bonds is 13. The number of ketones is 1. The predicted molar refractivity (Wildman–Crippen MR) is 170 cm³/mol. The zero-order valence-corrected chi connectivity index (χ0v) is 29.1. The molecule has 19 nitrogen and oxygen atoms in total. The first kappa shape index (κ1) is 38.5. The van der Waals surface area contributed by atoms with Gasteiger partial charge in [0.2, 0.25) is 0 Å². The number of aromatic nitrogens is 3. The standard InChI is InChI=1S/C28H40N6O13P2/c1-16(29)22-25(30-6)34(15-31-22)26-24(37)23(36)21(45-26)14-44-49(41,42)47-48(39,40)43-13-20-10-19(12-33(20)27(38)46-28(3,4)5)32-9-7-8-18(11-32)17(2)35/h7-9,11,15,19-21,23-24,26,36-37H,1,6,10,12-14,29H2,2-5H3,(H-,39,40,41,42)/p+1/t19?,20-,21+,23?,24?,26?/m0/s1. The molecule has 2 fully saturated rings. The number of nitrogens with zero attached hydrogens (tertiary/aromatic N) is 5. The number of hydrogen-bond donors (Lipinski definition) is 5. The molecule has 2 aliphatic heterocycles. The average molecular weight is 732 g/mol. The monoisotopic (exact) mass is 731 g/mol. The van der Waals surface area contributed by atoms with Crippen LogP contribution >= 0.6 is 15.6 Å². The fraction of sp³-hybridized carbons (Fsp3) is 0.536. The lowest BCUT2D eigenvalue weighted by molar-refractivity contribution is -0.719. The first-order valence-electron chi connectivity index (χ1n) is 14.9.